The lowest BCUT2D eigenvalue weighted by Crippen LogP contribution is -2.48. The number of halogens is 2. The number of piperazine rings is 1. The molecule has 3 aromatic rings. The van der Waals surface area contributed by atoms with E-state index in [1.165, 1.54) is 37.6 Å². The molecule has 202 valence electrons. The first-order valence-corrected chi connectivity index (χ1v) is 13.3. The first-order chi connectivity index (χ1) is 18.8. The number of amides is 2. The topological polar surface area (TPSA) is 101 Å². The van der Waals surface area contributed by atoms with Crippen molar-refractivity contribution in [1.29, 1.82) is 0 Å². The lowest BCUT2D eigenvalue weighted by Gasteiger charge is -2.36. The number of nitrogens with zero attached hydrogens (tertiary/aromatic N) is 5. The van der Waals surface area contributed by atoms with Gasteiger partial charge >= 0.3 is 0 Å². The van der Waals surface area contributed by atoms with Crippen LogP contribution in [-0.4, -0.2) is 65.2 Å². The van der Waals surface area contributed by atoms with Gasteiger partial charge in [0, 0.05) is 61.4 Å². The van der Waals surface area contributed by atoms with Crippen molar-refractivity contribution < 1.29 is 23.1 Å². The molecule has 2 aromatic heterocycles. The summed E-state index contributed by atoms with van der Waals surface area (Å²) in [5.74, 6) is 6.29. The molecule has 5 rings (SSSR count). The number of aromatic nitrogens is 3. The van der Waals surface area contributed by atoms with Gasteiger partial charge in [0.15, 0.2) is 5.01 Å². The van der Waals surface area contributed by atoms with Gasteiger partial charge in [0.25, 0.3) is 12.3 Å². The van der Waals surface area contributed by atoms with Crippen molar-refractivity contribution in [3.63, 3.8) is 0 Å². The number of methoxy groups -OCH3 is 1. The largest absolute Gasteiger partial charge is 0.494 e. The predicted octanol–water partition coefficient (Wildman–Crippen LogP) is 4.23. The van der Waals surface area contributed by atoms with Gasteiger partial charge in [0.1, 0.15) is 11.4 Å². The molecule has 0 bridgehead atoms. The zero-order valence-corrected chi connectivity index (χ0v) is 22.2. The number of benzene rings is 1. The van der Waals surface area contributed by atoms with E-state index in [4.69, 9.17) is 4.74 Å². The number of anilines is 2. The van der Waals surface area contributed by atoms with Crippen LogP contribution in [0.15, 0.2) is 30.5 Å². The lowest BCUT2D eigenvalue weighted by molar-refractivity contribution is -0.129. The van der Waals surface area contributed by atoms with Crippen molar-refractivity contribution in [3.8, 4) is 28.7 Å². The molecule has 0 unspecified atom stereocenters. The number of pyridine rings is 1. The molecule has 1 aliphatic heterocycles. The highest BCUT2D eigenvalue weighted by atomic mass is 32.1. The maximum Gasteiger partial charge on any atom is 0.280 e. The summed E-state index contributed by atoms with van der Waals surface area (Å²) in [6.45, 7) is 3.84. The van der Waals surface area contributed by atoms with Gasteiger partial charge in [-0.1, -0.05) is 17.3 Å². The van der Waals surface area contributed by atoms with Crippen LogP contribution < -0.4 is 15.0 Å². The number of carbonyl (C=O) groups is 2. The average molecular weight is 553 g/mol. The van der Waals surface area contributed by atoms with Gasteiger partial charge in [0.05, 0.1) is 13.3 Å². The Morgan fingerprint density at radius 2 is 1.90 bits per heavy atom. The minimum absolute atomic E-state index is 0.0155. The summed E-state index contributed by atoms with van der Waals surface area (Å²) in [5.41, 5.74) is 1.31. The normalized spacial score (nSPS) is 15.1. The standard InChI is InChI=1S/C27H26F2N6O3S/c1-16(36)34-9-11-35(12-10-34)18-6-7-19(20(13-18)21-14-22(25(28)29)30-15-23(21)38-2)26(37)31-27-33-32-24(39-27)8-5-17-3-4-17/h6-7,13-15,17,25H,3-4,9-12H2,1-2H3,(H,31,33,37). The Labute approximate surface area is 228 Å². The van der Waals surface area contributed by atoms with E-state index in [1.807, 2.05) is 0 Å². The molecule has 3 heterocycles. The molecular weight excluding hydrogens is 526 g/mol. The van der Waals surface area contributed by atoms with Crippen LogP contribution in [0.2, 0.25) is 0 Å². The maximum atomic E-state index is 13.6. The van der Waals surface area contributed by atoms with E-state index in [0.717, 1.165) is 18.5 Å². The Bertz CT molecular complexity index is 1460. The molecule has 2 aliphatic rings. The molecule has 9 nitrogen and oxygen atoms in total. The minimum Gasteiger partial charge on any atom is -0.494 e. The molecule has 0 spiro atoms. The molecule has 12 heteroatoms. The van der Waals surface area contributed by atoms with E-state index >= 15 is 0 Å². The molecule has 0 atom stereocenters. The van der Waals surface area contributed by atoms with Crippen LogP contribution in [0, 0.1) is 17.8 Å². The summed E-state index contributed by atoms with van der Waals surface area (Å²) in [5, 5.41) is 11.6. The summed E-state index contributed by atoms with van der Waals surface area (Å²) in [4.78, 5) is 32.8. The second-order valence-corrected chi connectivity index (χ2v) is 10.2. The number of rotatable bonds is 6. The third-order valence-corrected chi connectivity index (χ3v) is 7.32. The summed E-state index contributed by atoms with van der Waals surface area (Å²) in [6.07, 6.45) is 0.608. The summed E-state index contributed by atoms with van der Waals surface area (Å²) in [6, 6.07) is 6.46. The van der Waals surface area contributed by atoms with Crippen LogP contribution in [0.3, 0.4) is 0 Å². The van der Waals surface area contributed by atoms with E-state index in [-0.39, 0.29) is 22.4 Å². The van der Waals surface area contributed by atoms with Crippen LogP contribution >= 0.6 is 11.3 Å². The monoisotopic (exact) mass is 552 g/mol. The number of hydrogen-bond donors (Lipinski definition) is 1. The third-order valence-electron chi connectivity index (χ3n) is 6.57. The average Bonchev–Trinajstić information content (AvgIpc) is 3.68. The van der Waals surface area contributed by atoms with E-state index in [0.29, 0.717) is 48.2 Å². The highest BCUT2D eigenvalue weighted by Gasteiger charge is 2.24. The first kappa shape index (κ1) is 26.5. The Morgan fingerprint density at radius 1 is 1.13 bits per heavy atom. The van der Waals surface area contributed by atoms with Gasteiger partial charge in [0.2, 0.25) is 11.0 Å². The van der Waals surface area contributed by atoms with Gasteiger partial charge in [-0.25, -0.2) is 8.78 Å². The van der Waals surface area contributed by atoms with Gasteiger partial charge in [-0.15, -0.1) is 10.2 Å². The number of ether oxygens (including phenoxy) is 1. The van der Waals surface area contributed by atoms with Crippen molar-refractivity contribution in [2.24, 2.45) is 5.92 Å². The van der Waals surface area contributed by atoms with Gasteiger partial charge in [-0.05, 0) is 43.0 Å². The smallest absolute Gasteiger partial charge is 0.280 e. The van der Waals surface area contributed by atoms with Crippen molar-refractivity contribution >= 4 is 34.0 Å². The Balaban J connectivity index is 1.49. The number of alkyl halides is 2. The molecule has 2 amide bonds. The van der Waals surface area contributed by atoms with Crippen LogP contribution in [0.4, 0.5) is 19.6 Å². The summed E-state index contributed by atoms with van der Waals surface area (Å²) >= 11 is 1.17. The summed E-state index contributed by atoms with van der Waals surface area (Å²) in [7, 11) is 1.42. The molecule has 2 fully saturated rings. The summed E-state index contributed by atoms with van der Waals surface area (Å²) < 4.78 is 32.6. The molecule has 1 aliphatic carbocycles. The highest BCUT2D eigenvalue weighted by molar-refractivity contribution is 7.15. The van der Waals surface area contributed by atoms with Crippen molar-refractivity contribution in [2.75, 3.05) is 43.5 Å². The van der Waals surface area contributed by atoms with Gasteiger partial charge in [-0.3, -0.25) is 19.9 Å². The van der Waals surface area contributed by atoms with Crippen LogP contribution in [0.1, 0.15) is 47.3 Å². The molecular formula is C27H26F2N6O3S. The Morgan fingerprint density at radius 3 is 2.56 bits per heavy atom. The fourth-order valence-electron chi connectivity index (χ4n) is 4.26. The van der Waals surface area contributed by atoms with E-state index in [1.54, 1.807) is 23.1 Å². The fourth-order valence-corrected chi connectivity index (χ4v) is 4.86. The quantitative estimate of drug-likeness (QED) is 0.457. The van der Waals surface area contributed by atoms with Crippen molar-refractivity contribution in [3.05, 3.63) is 46.7 Å². The molecule has 1 saturated heterocycles. The maximum absolute atomic E-state index is 13.6. The fraction of sp³-hybridized carbons (Fsp3) is 0.370. The Kier molecular flexibility index (Phi) is 7.70. The number of hydrogen-bond acceptors (Lipinski definition) is 8. The molecule has 1 aromatic carbocycles. The zero-order chi connectivity index (χ0) is 27.5. The van der Waals surface area contributed by atoms with Gasteiger partial charge in [-0.2, -0.15) is 0 Å². The SMILES string of the molecule is COc1cnc(C(F)F)cc1-c1cc(N2CCN(C(C)=O)CC2)ccc1C(=O)Nc1nnc(C#CC2CC2)s1. The highest BCUT2D eigenvalue weighted by Crippen LogP contribution is 2.37. The number of carbonyl (C=O) groups excluding carboxylic acids is 2. The van der Waals surface area contributed by atoms with Gasteiger partial charge < -0.3 is 14.5 Å². The molecule has 1 N–H and O–H groups in total. The van der Waals surface area contributed by atoms with E-state index in [2.05, 4.69) is 37.2 Å². The predicted molar refractivity (Wildman–Crippen MR) is 143 cm³/mol. The minimum atomic E-state index is -2.80. The van der Waals surface area contributed by atoms with E-state index in [9.17, 15) is 18.4 Å². The van der Waals surface area contributed by atoms with Crippen molar-refractivity contribution in [2.45, 2.75) is 26.2 Å². The van der Waals surface area contributed by atoms with Crippen molar-refractivity contribution in [1.82, 2.24) is 20.1 Å². The molecule has 0 radical (unpaired) electrons. The van der Waals surface area contributed by atoms with Crippen LogP contribution in [-0.2, 0) is 4.79 Å². The second kappa shape index (κ2) is 11.3. The third kappa shape index (κ3) is 6.15. The molecule has 1 saturated carbocycles. The number of nitrogens with one attached hydrogen (secondary N) is 1. The zero-order valence-electron chi connectivity index (χ0n) is 21.4. The van der Waals surface area contributed by atoms with E-state index < -0.39 is 18.0 Å². The first-order valence-electron chi connectivity index (χ1n) is 12.5. The lowest BCUT2D eigenvalue weighted by atomic mass is 9.97. The Hall–Kier alpha value is -4.11. The molecule has 39 heavy (non-hydrogen) atoms. The van der Waals surface area contributed by atoms with Crippen LogP contribution in [0.25, 0.3) is 11.1 Å². The second-order valence-electron chi connectivity index (χ2n) is 9.24. The van der Waals surface area contributed by atoms with Crippen LogP contribution in [0.5, 0.6) is 5.75 Å².